The molecule has 1 fully saturated rings. The Morgan fingerprint density at radius 2 is 1.92 bits per heavy atom. The molecule has 0 saturated carbocycles. The lowest BCUT2D eigenvalue weighted by Crippen LogP contribution is -2.44. The van der Waals surface area contributed by atoms with Gasteiger partial charge in [0.1, 0.15) is 0 Å². The van der Waals surface area contributed by atoms with E-state index >= 15 is 0 Å². The lowest BCUT2D eigenvalue weighted by molar-refractivity contribution is 0.187. The fourth-order valence-corrected chi connectivity index (χ4v) is 3.53. The largest absolute Gasteiger partial charge is 0.316 e. The predicted molar refractivity (Wildman–Crippen MR) is 102 cm³/mol. The number of piperidine rings is 1. The monoisotopic (exact) mass is 348 g/mol. The molecule has 1 atom stereocenters. The van der Waals surface area contributed by atoms with Crippen LogP contribution >= 0.6 is 12.4 Å². The van der Waals surface area contributed by atoms with Gasteiger partial charge in [0.25, 0.3) is 0 Å². The molecule has 132 valence electrons. The van der Waals surface area contributed by atoms with Crippen molar-refractivity contribution in [2.75, 3.05) is 20.1 Å². The van der Waals surface area contributed by atoms with Gasteiger partial charge in [-0.05, 0) is 45.8 Å². The Labute approximate surface area is 151 Å². The number of nitrogens with one attached hydrogen (secondary N) is 1. The third kappa shape index (κ3) is 4.38. The van der Waals surface area contributed by atoms with Crippen molar-refractivity contribution in [2.45, 2.75) is 45.8 Å². The first-order valence-corrected chi connectivity index (χ1v) is 8.64. The van der Waals surface area contributed by atoms with Crippen molar-refractivity contribution in [1.29, 1.82) is 0 Å². The highest BCUT2D eigenvalue weighted by atomic mass is 35.5. The second-order valence-electron chi connectivity index (χ2n) is 6.66. The Morgan fingerprint density at radius 3 is 2.62 bits per heavy atom. The van der Waals surface area contributed by atoms with Crippen LogP contribution in [0.15, 0.2) is 30.3 Å². The van der Waals surface area contributed by atoms with Crippen LogP contribution in [0.2, 0.25) is 0 Å². The molecule has 24 heavy (non-hydrogen) atoms. The van der Waals surface area contributed by atoms with E-state index in [4.69, 9.17) is 5.10 Å². The van der Waals surface area contributed by atoms with E-state index in [1.165, 1.54) is 41.9 Å². The van der Waals surface area contributed by atoms with Crippen LogP contribution in [0.4, 0.5) is 0 Å². The number of likely N-dealkylation sites (tertiary alicyclic amines) is 1. The van der Waals surface area contributed by atoms with E-state index in [0.717, 1.165) is 19.6 Å². The molecule has 0 bridgehead atoms. The van der Waals surface area contributed by atoms with Crippen LogP contribution in [0.25, 0.3) is 0 Å². The molecule has 2 heterocycles. The summed E-state index contributed by atoms with van der Waals surface area (Å²) in [5.74, 6) is 0. The molecule has 1 aliphatic heterocycles. The van der Waals surface area contributed by atoms with Gasteiger partial charge in [0.15, 0.2) is 0 Å². The molecular formula is C19H29ClN4. The van der Waals surface area contributed by atoms with Gasteiger partial charge in [-0.25, -0.2) is 0 Å². The van der Waals surface area contributed by atoms with E-state index in [9.17, 15) is 0 Å². The number of hydrogen-bond acceptors (Lipinski definition) is 3. The Balaban J connectivity index is 0.00000208. The van der Waals surface area contributed by atoms with Crippen molar-refractivity contribution in [2.24, 2.45) is 0 Å². The number of aromatic nitrogens is 2. The summed E-state index contributed by atoms with van der Waals surface area (Å²) in [6.45, 7) is 8.55. The fraction of sp³-hybridized carbons (Fsp3) is 0.526. The average Bonchev–Trinajstić information content (AvgIpc) is 2.83. The van der Waals surface area contributed by atoms with Gasteiger partial charge in [-0.1, -0.05) is 30.3 Å². The van der Waals surface area contributed by atoms with Gasteiger partial charge in [-0.2, -0.15) is 5.10 Å². The summed E-state index contributed by atoms with van der Waals surface area (Å²) < 4.78 is 2.15. The van der Waals surface area contributed by atoms with Crippen molar-refractivity contribution in [3.8, 4) is 0 Å². The molecule has 5 heteroatoms. The lowest BCUT2D eigenvalue weighted by atomic mass is 10.0. The van der Waals surface area contributed by atoms with Gasteiger partial charge in [0, 0.05) is 30.4 Å². The van der Waals surface area contributed by atoms with E-state index < -0.39 is 0 Å². The molecule has 1 unspecified atom stereocenters. The van der Waals surface area contributed by atoms with E-state index in [2.05, 4.69) is 66.1 Å². The van der Waals surface area contributed by atoms with Crippen molar-refractivity contribution in [1.82, 2.24) is 20.0 Å². The molecule has 0 radical (unpaired) electrons. The Hall–Kier alpha value is -1.36. The lowest BCUT2D eigenvalue weighted by Gasteiger charge is -2.32. The highest BCUT2D eigenvalue weighted by molar-refractivity contribution is 5.85. The minimum absolute atomic E-state index is 0. The molecule has 4 nitrogen and oxygen atoms in total. The van der Waals surface area contributed by atoms with E-state index in [-0.39, 0.29) is 12.4 Å². The smallest absolute Gasteiger partial charge is 0.0662 e. The van der Waals surface area contributed by atoms with Crippen LogP contribution in [-0.2, 0) is 13.1 Å². The highest BCUT2D eigenvalue weighted by Crippen LogP contribution is 2.19. The highest BCUT2D eigenvalue weighted by Gasteiger charge is 2.21. The number of rotatable bonds is 5. The summed E-state index contributed by atoms with van der Waals surface area (Å²) in [7, 11) is 2.07. The zero-order valence-electron chi connectivity index (χ0n) is 15.0. The average molecular weight is 349 g/mol. The molecule has 1 saturated heterocycles. The fourth-order valence-electron chi connectivity index (χ4n) is 3.53. The zero-order valence-corrected chi connectivity index (χ0v) is 15.8. The molecular weight excluding hydrogens is 320 g/mol. The first kappa shape index (κ1) is 19.0. The Morgan fingerprint density at radius 1 is 1.17 bits per heavy atom. The maximum atomic E-state index is 4.78. The third-order valence-electron chi connectivity index (χ3n) is 5.00. The van der Waals surface area contributed by atoms with Crippen molar-refractivity contribution < 1.29 is 0 Å². The number of benzene rings is 1. The van der Waals surface area contributed by atoms with Crippen LogP contribution in [0.3, 0.4) is 0 Å². The summed E-state index contributed by atoms with van der Waals surface area (Å²) in [6.07, 6.45) is 2.57. The number of hydrogen-bond donors (Lipinski definition) is 1. The number of nitrogens with zero attached hydrogens (tertiary/aromatic N) is 3. The van der Waals surface area contributed by atoms with E-state index in [1.54, 1.807) is 0 Å². The molecule has 1 N–H and O–H groups in total. The molecule has 0 amide bonds. The second kappa shape index (κ2) is 8.65. The van der Waals surface area contributed by atoms with Crippen molar-refractivity contribution in [3.63, 3.8) is 0 Å². The third-order valence-corrected chi connectivity index (χ3v) is 5.00. The Kier molecular flexibility index (Phi) is 6.84. The van der Waals surface area contributed by atoms with Gasteiger partial charge >= 0.3 is 0 Å². The maximum Gasteiger partial charge on any atom is 0.0662 e. The van der Waals surface area contributed by atoms with Crippen LogP contribution < -0.4 is 5.32 Å². The molecule has 2 aromatic rings. The summed E-state index contributed by atoms with van der Waals surface area (Å²) in [6, 6.07) is 11.2. The summed E-state index contributed by atoms with van der Waals surface area (Å²) in [5.41, 5.74) is 5.18. The molecule has 0 spiro atoms. The molecule has 3 rings (SSSR count). The summed E-state index contributed by atoms with van der Waals surface area (Å²) in [4.78, 5) is 2.56. The second-order valence-corrected chi connectivity index (χ2v) is 6.66. The van der Waals surface area contributed by atoms with Crippen molar-refractivity contribution in [3.05, 3.63) is 52.8 Å². The zero-order chi connectivity index (χ0) is 16.2. The van der Waals surface area contributed by atoms with Crippen LogP contribution in [0, 0.1) is 13.8 Å². The quantitative estimate of drug-likeness (QED) is 0.901. The van der Waals surface area contributed by atoms with E-state index in [0.29, 0.717) is 6.04 Å². The van der Waals surface area contributed by atoms with Gasteiger partial charge in [0.05, 0.1) is 12.2 Å². The molecule has 1 aliphatic rings. The van der Waals surface area contributed by atoms with Gasteiger partial charge in [0.2, 0.25) is 0 Å². The first-order chi connectivity index (χ1) is 11.2. The topological polar surface area (TPSA) is 33.1 Å². The van der Waals surface area contributed by atoms with E-state index in [1.807, 2.05) is 0 Å². The Bertz CT molecular complexity index is 638. The van der Waals surface area contributed by atoms with Gasteiger partial charge in [-0.3, -0.25) is 9.58 Å². The minimum atomic E-state index is 0. The summed E-state index contributed by atoms with van der Waals surface area (Å²) in [5, 5.41) is 8.21. The summed E-state index contributed by atoms with van der Waals surface area (Å²) >= 11 is 0. The predicted octanol–water partition coefficient (Wildman–Crippen LogP) is 3.15. The van der Waals surface area contributed by atoms with Crippen LogP contribution in [0.1, 0.15) is 35.4 Å². The molecule has 0 aliphatic carbocycles. The number of likely N-dealkylation sites (N-methyl/N-ethyl adjacent to an activating group) is 1. The SMILES string of the molecule is CNC1CCCN(Cc2c(C)nn(Cc3ccccc3)c2C)C1.Cl. The number of halogens is 1. The van der Waals surface area contributed by atoms with Gasteiger partial charge in [-0.15, -0.1) is 12.4 Å². The molecule has 1 aromatic heterocycles. The minimum Gasteiger partial charge on any atom is -0.316 e. The van der Waals surface area contributed by atoms with Crippen LogP contribution in [-0.4, -0.2) is 40.9 Å². The first-order valence-electron chi connectivity index (χ1n) is 8.64. The van der Waals surface area contributed by atoms with Crippen molar-refractivity contribution >= 4 is 12.4 Å². The maximum absolute atomic E-state index is 4.78. The number of aryl methyl sites for hydroxylation is 1. The molecule has 1 aromatic carbocycles. The van der Waals surface area contributed by atoms with Crippen LogP contribution in [0.5, 0.6) is 0 Å². The normalized spacial score (nSPS) is 18.4. The van der Waals surface area contributed by atoms with Gasteiger partial charge < -0.3 is 5.32 Å². The standard InChI is InChI=1S/C19H28N4.ClH/c1-15-19(14-22-11-7-10-18(13-22)20-3)16(2)23(21-15)12-17-8-5-4-6-9-17;/h4-6,8-9,18,20H,7,10-14H2,1-3H3;1H.